The van der Waals surface area contributed by atoms with Gasteiger partial charge >= 0.3 is 0 Å². The molecule has 1 saturated heterocycles. The predicted octanol–water partition coefficient (Wildman–Crippen LogP) is 1.36. The molecule has 1 unspecified atom stereocenters. The Kier molecular flexibility index (Phi) is 5.40. The standard InChI is InChI=1S/C14H26N4O2S/c1-4-8-17-11-14(16-12(17)2)21(19,20)18-9-6-5-7-13(18)10-15-3/h11,13,15H,4-10H2,1-3H3. The van der Waals surface area contributed by atoms with Gasteiger partial charge in [-0.25, -0.2) is 13.4 Å². The van der Waals surface area contributed by atoms with E-state index in [0.29, 0.717) is 13.1 Å². The van der Waals surface area contributed by atoms with Gasteiger partial charge in [0.1, 0.15) is 5.82 Å². The molecule has 2 heterocycles. The summed E-state index contributed by atoms with van der Waals surface area (Å²) in [6.07, 6.45) is 5.56. The van der Waals surface area contributed by atoms with Gasteiger partial charge in [-0.2, -0.15) is 4.31 Å². The van der Waals surface area contributed by atoms with Crippen LogP contribution in [0.25, 0.3) is 0 Å². The average Bonchev–Trinajstić information content (AvgIpc) is 2.82. The molecule has 1 aromatic heterocycles. The first-order chi connectivity index (χ1) is 10.0. The van der Waals surface area contributed by atoms with E-state index in [9.17, 15) is 8.42 Å². The number of likely N-dealkylation sites (N-methyl/N-ethyl adjacent to an activating group) is 1. The summed E-state index contributed by atoms with van der Waals surface area (Å²) in [4.78, 5) is 4.28. The van der Waals surface area contributed by atoms with Gasteiger partial charge in [0.2, 0.25) is 0 Å². The van der Waals surface area contributed by atoms with Crippen molar-refractivity contribution in [3.05, 3.63) is 12.0 Å². The number of aromatic nitrogens is 2. The zero-order chi connectivity index (χ0) is 15.5. The molecule has 0 radical (unpaired) electrons. The normalized spacial score (nSPS) is 20.8. The fraction of sp³-hybridized carbons (Fsp3) is 0.786. The van der Waals surface area contributed by atoms with Crippen LogP contribution >= 0.6 is 0 Å². The molecular weight excluding hydrogens is 288 g/mol. The Morgan fingerprint density at radius 3 is 2.86 bits per heavy atom. The van der Waals surface area contributed by atoms with E-state index in [2.05, 4.69) is 17.2 Å². The third-order valence-corrected chi connectivity index (χ3v) is 5.83. The van der Waals surface area contributed by atoms with Crippen LogP contribution in [0.15, 0.2) is 11.2 Å². The number of nitrogens with zero attached hydrogens (tertiary/aromatic N) is 3. The SMILES string of the molecule is CCCn1cc(S(=O)(=O)N2CCCCC2CNC)nc1C. The number of nitrogens with one attached hydrogen (secondary N) is 1. The minimum Gasteiger partial charge on any atom is -0.334 e. The van der Waals surface area contributed by atoms with Crippen molar-refractivity contribution in [2.24, 2.45) is 0 Å². The summed E-state index contributed by atoms with van der Waals surface area (Å²) in [6.45, 7) is 6.01. The maximum atomic E-state index is 12.9. The molecule has 1 aliphatic rings. The Morgan fingerprint density at radius 2 is 2.19 bits per heavy atom. The van der Waals surface area contributed by atoms with Crippen LogP contribution in [0.4, 0.5) is 0 Å². The Hall–Kier alpha value is -0.920. The number of rotatable bonds is 6. The molecule has 0 saturated carbocycles. The van der Waals surface area contributed by atoms with Gasteiger partial charge < -0.3 is 9.88 Å². The summed E-state index contributed by atoms with van der Waals surface area (Å²) >= 11 is 0. The van der Waals surface area contributed by atoms with Crippen LogP contribution in [0, 0.1) is 6.92 Å². The number of hydrogen-bond acceptors (Lipinski definition) is 4. The molecule has 0 amide bonds. The highest BCUT2D eigenvalue weighted by Gasteiger charge is 2.34. The lowest BCUT2D eigenvalue weighted by Crippen LogP contribution is -2.48. The number of imidazole rings is 1. The molecule has 0 bridgehead atoms. The molecule has 7 heteroatoms. The van der Waals surface area contributed by atoms with E-state index in [1.54, 1.807) is 10.5 Å². The quantitative estimate of drug-likeness (QED) is 0.861. The largest absolute Gasteiger partial charge is 0.334 e. The van der Waals surface area contributed by atoms with Crippen LogP contribution in [0.5, 0.6) is 0 Å². The second kappa shape index (κ2) is 6.89. The lowest BCUT2D eigenvalue weighted by atomic mass is 10.1. The van der Waals surface area contributed by atoms with Crippen molar-refractivity contribution >= 4 is 10.0 Å². The van der Waals surface area contributed by atoms with Crippen molar-refractivity contribution in [3.8, 4) is 0 Å². The number of aryl methyl sites for hydroxylation is 2. The minimum absolute atomic E-state index is 0.0328. The molecule has 1 fully saturated rings. The van der Waals surface area contributed by atoms with Crippen molar-refractivity contribution in [3.63, 3.8) is 0 Å². The van der Waals surface area contributed by atoms with Gasteiger partial charge in [0.15, 0.2) is 5.03 Å². The highest BCUT2D eigenvalue weighted by Crippen LogP contribution is 2.24. The smallest absolute Gasteiger partial charge is 0.262 e. The van der Waals surface area contributed by atoms with E-state index in [4.69, 9.17) is 0 Å². The van der Waals surface area contributed by atoms with Crippen LogP contribution in [0.1, 0.15) is 38.4 Å². The van der Waals surface area contributed by atoms with Crippen molar-refractivity contribution in [1.82, 2.24) is 19.2 Å². The summed E-state index contributed by atoms with van der Waals surface area (Å²) < 4.78 is 29.3. The van der Waals surface area contributed by atoms with Crippen LogP contribution in [0.3, 0.4) is 0 Å². The zero-order valence-corrected chi connectivity index (χ0v) is 14.0. The summed E-state index contributed by atoms with van der Waals surface area (Å²) in [5.41, 5.74) is 0. The Balaban J connectivity index is 2.29. The van der Waals surface area contributed by atoms with E-state index in [-0.39, 0.29) is 11.1 Å². The molecule has 1 atom stereocenters. The Morgan fingerprint density at radius 1 is 1.43 bits per heavy atom. The van der Waals surface area contributed by atoms with Gasteiger partial charge in [0.05, 0.1) is 0 Å². The fourth-order valence-electron chi connectivity index (χ4n) is 2.92. The highest BCUT2D eigenvalue weighted by molar-refractivity contribution is 7.89. The zero-order valence-electron chi connectivity index (χ0n) is 13.2. The third-order valence-electron chi connectivity index (χ3n) is 4.00. The maximum Gasteiger partial charge on any atom is 0.262 e. The fourth-order valence-corrected chi connectivity index (χ4v) is 4.61. The van der Waals surface area contributed by atoms with Crippen molar-refractivity contribution < 1.29 is 8.42 Å². The van der Waals surface area contributed by atoms with Crippen LogP contribution in [-0.4, -0.2) is 48.5 Å². The summed E-state index contributed by atoms with van der Waals surface area (Å²) in [7, 11) is -1.63. The van der Waals surface area contributed by atoms with E-state index >= 15 is 0 Å². The van der Waals surface area contributed by atoms with Crippen LogP contribution in [-0.2, 0) is 16.6 Å². The van der Waals surface area contributed by atoms with E-state index < -0.39 is 10.0 Å². The topological polar surface area (TPSA) is 67.2 Å². The molecular formula is C14H26N4O2S. The number of sulfonamides is 1. The summed E-state index contributed by atoms with van der Waals surface area (Å²) in [6, 6.07) is 0.0328. The van der Waals surface area contributed by atoms with Crippen LogP contribution in [0.2, 0.25) is 0 Å². The van der Waals surface area contributed by atoms with Gasteiger partial charge in [-0.1, -0.05) is 13.3 Å². The van der Waals surface area contributed by atoms with Gasteiger partial charge in [-0.05, 0) is 33.2 Å². The lowest BCUT2D eigenvalue weighted by molar-refractivity contribution is 0.248. The molecule has 0 aliphatic carbocycles. The maximum absolute atomic E-state index is 12.9. The van der Waals surface area contributed by atoms with Crippen molar-refractivity contribution in [2.75, 3.05) is 20.1 Å². The van der Waals surface area contributed by atoms with Gasteiger partial charge in [0.25, 0.3) is 10.0 Å². The van der Waals surface area contributed by atoms with Gasteiger partial charge in [-0.15, -0.1) is 0 Å². The molecule has 1 N–H and O–H groups in total. The molecule has 120 valence electrons. The van der Waals surface area contributed by atoms with Crippen LogP contribution < -0.4 is 5.32 Å². The van der Waals surface area contributed by atoms with E-state index in [1.807, 2.05) is 18.5 Å². The number of hydrogen-bond donors (Lipinski definition) is 1. The highest BCUT2D eigenvalue weighted by atomic mass is 32.2. The first-order valence-corrected chi connectivity index (χ1v) is 9.15. The molecule has 0 aromatic carbocycles. The molecule has 1 aromatic rings. The lowest BCUT2D eigenvalue weighted by Gasteiger charge is -2.33. The summed E-state index contributed by atoms with van der Waals surface area (Å²) in [5, 5.41) is 3.29. The van der Waals surface area contributed by atoms with Crippen molar-refractivity contribution in [2.45, 2.75) is 57.1 Å². The minimum atomic E-state index is -3.49. The van der Waals surface area contributed by atoms with Gasteiger partial charge in [-0.3, -0.25) is 0 Å². The third kappa shape index (κ3) is 3.46. The molecule has 0 spiro atoms. The molecule has 1 aliphatic heterocycles. The Labute approximate surface area is 127 Å². The van der Waals surface area contributed by atoms with E-state index in [0.717, 1.165) is 38.1 Å². The second-order valence-corrected chi connectivity index (χ2v) is 7.48. The second-order valence-electron chi connectivity index (χ2n) is 5.64. The molecule has 6 nitrogen and oxygen atoms in total. The predicted molar refractivity (Wildman–Crippen MR) is 82.7 cm³/mol. The van der Waals surface area contributed by atoms with Crippen molar-refractivity contribution in [1.29, 1.82) is 0 Å². The molecule has 21 heavy (non-hydrogen) atoms. The first kappa shape index (κ1) is 16.5. The number of piperidine rings is 1. The monoisotopic (exact) mass is 314 g/mol. The molecule has 2 rings (SSSR count). The van der Waals surface area contributed by atoms with Gasteiger partial charge in [0, 0.05) is 31.9 Å². The average molecular weight is 314 g/mol. The van der Waals surface area contributed by atoms with E-state index in [1.165, 1.54) is 0 Å². The first-order valence-electron chi connectivity index (χ1n) is 7.71. The summed E-state index contributed by atoms with van der Waals surface area (Å²) in [5.74, 6) is 0.762. The Bertz CT molecular complexity index is 566.